The highest BCUT2D eigenvalue weighted by Crippen LogP contribution is 2.32. The molecule has 1 aromatic heterocycles. The fourth-order valence-electron chi connectivity index (χ4n) is 1.02. The monoisotopic (exact) mass is 313 g/mol. The maximum absolute atomic E-state index is 12.5. The Morgan fingerprint density at radius 2 is 2.31 bits per heavy atom. The minimum absolute atomic E-state index is 0.131. The van der Waals surface area contributed by atoms with Crippen LogP contribution < -0.4 is 0 Å². The number of ether oxygens (including phenoxy) is 1. The number of rotatable bonds is 3. The van der Waals surface area contributed by atoms with Crippen LogP contribution in [0.5, 0.6) is 0 Å². The van der Waals surface area contributed by atoms with Gasteiger partial charge < -0.3 is 4.74 Å². The summed E-state index contributed by atoms with van der Waals surface area (Å²) in [5, 5.41) is -0.386. The van der Waals surface area contributed by atoms with E-state index in [1.54, 1.807) is 6.92 Å². The summed E-state index contributed by atoms with van der Waals surface area (Å²) in [7, 11) is 0. The average Bonchev–Trinajstić information content (AvgIpc) is 2.17. The maximum atomic E-state index is 12.5. The maximum Gasteiger partial charge on any atom is 0.340 e. The minimum atomic E-state index is -2.84. The molecule has 1 aromatic rings. The van der Waals surface area contributed by atoms with Gasteiger partial charge in [-0.15, -0.1) is 0 Å². The van der Waals surface area contributed by atoms with Crippen molar-refractivity contribution in [3.05, 3.63) is 26.9 Å². The van der Waals surface area contributed by atoms with Gasteiger partial charge in [0.1, 0.15) is 5.69 Å². The number of carbonyl (C=O) groups is 1. The third kappa shape index (κ3) is 2.68. The van der Waals surface area contributed by atoms with E-state index in [2.05, 4.69) is 20.9 Å². The molecule has 0 amide bonds. The van der Waals surface area contributed by atoms with Crippen LogP contribution >= 0.6 is 27.5 Å². The first kappa shape index (κ1) is 13.3. The Morgan fingerprint density at radius 3 is 2.81 bits per heavy atom. The first-order valence-corrected chi connectivity index (χ1v) is 5.45. The van der Waals surface area contributed by atoms with E-state index in [0.717, 1.165) is 6.20 Å². The third-order valence-electron chi connectivity index (χ3n) is 1.69. The zero-order chi connectivity index (χ0) is 12.3. The van der Waals surface area contributed by atoms with Gasteiger partial charge in [0.15, 0.2) is 0 Å². The molecule has 0 atom stereocenters. The van der Waals surface area contributed by atoms with Crippen LogP contribution in [0, 0.1) is 0 Å². The van der Waals surface area contributed by atoms with Crippen LogP contribution in [0.2, 0.25) is 5.02 Å². The second-order valence-corrected chi connectivity index (χ2v) is 3.93. The summed E-state index contributed by atoms with van der Waals surface area (Å²) < 4.78 is 29.9. The summed E-state index contributed by atoms with van der Waals surface area (Å²) in [4.78, 5) is 14.9. The second kappa shape index (κ2) is 5.54. The van der Waals surface area contributed by atoms with E-state index in [4.69, 9.17) is 16.3 Å². The normalized spacial score (nSPS) is 10.6. The van der Waals surface area contributed by atoms with Crippen LogP contribution in [-0.4, -0.2) is 17.6 Å². The minimum Gasteiger partial charge on any atom is -0.462 e. The number of alkyl halides is 2. The lowest BCUT2D eigenvalue weighted by Gasteiger charge is -2.09. The Morgan fingerprint density at radius 1 is 1.69 bits per heavy atom. The highest BCUT2D eigenvalue weighted by molar-refractivity contribution is 9.10. The molecule has 0 aliphatic carbocycles. The zero-order valence-electron chi connectivity index (χ0n) is 8.14. The molecule has 7 heteroatoms. The topological polar surface area (TPSA) is 39.2 Å². The summed E-state index contributed by atoms with van der Waals surface area (Å²) in [5.74, 6) is -0.760. The van der Waals surface area contributed by atoms with Gasteiger partial charge in [0.05, 0.1) is 21.7 Å². The number of pyridine rings is 1. The molecule has 0 saturated heterocycles. The largest absolute Gasteiger partial charge is 0.462 e. The fourth-order valence-corrected chi connectivity index (χ4v) is 1.91. The fraction of sp³-hybridized carbons (Fsp3) is 0.333. The number of carbonyl (C=O) groups excluding carboxylic acids is 1. The molecular formula is C9H7BrClF2NO2. The Kier molecular flexibility index (Phi) is 4.61. The molecule has 0 spiro atoms. The molecule has 0 saturated carbocycles. The van der Waals surface area contributed by atoms with Gasteiger partial charge in [-0.25, -0.2) is 13.6 Å². The molecule has 1 heterocycles. The van der Waals surface area contributed by atoms with E-state index in [1.165, 1.54) is 0 Å². The number of aromatic nitrogens is 1. The smallest absolute Gasteiger partial charge is 0.340 e. The Bertz CT molecular complexity index is 415. The molecule has 0 fully saturated rings. The molecule has 0 radical (unpaired) electrons. The van der Waals surface area contributed by atoms with Crippen molar-refractivity contribution in [2.45, 2.75) is 13.3 Å². The van der Waals surface area contributed by atoms with Crippen LogP contribution in [0.15, 0.2) is 10.7 Å². The molecular weight excluding hydrogens is 307 g/mol. The Balaban J connectivity index is 3.26. The Labute approximate surface area is 104 Å². The molecule has 1 rings (SSSR count). The number of hydrogen-bond acceptors (Lipinski definition) is 3. The second-order valence-electron chi connectivity index (χ2n) is 2.70. The van der Waals surface area contributed by atoms with Crippen molar-refractivity contribution in [1.29, 1.82) is 0 Å². The number of esters is 1. The van der Waals surface area contributed by atoms with E-state index < -0.39 is 18.1 Å². The predicted molar refractivity (Wildman–Crippen MR) is 57.9 cm³/mol. The Hall–Kier alpha value is -0.750. The van der Waals surface area contributed by atoms with Crippen molar-refractivity contribution < 1.29 is 18.3 Å². The van der Waals surface area contributed by atoms with E-state index in [0.29, 0.717) is 0 Å². The lowest BCUT2D eigenvalue weighted by Crippen LogP contribution is -2.09. The number of halogens is 4. The van der Waals surface area contributed by atoms with Crippen molar-refractivity contribution in [3.8, 4) is 0 Å². The highest BCUT2D eigenvalue weighted by Gasteiger charge is 2.23. The van der Waals surface area contributed by atoms with Gasteiger partial charge in [-0.3, -0.25) is 4.98 Å². The average molecular weight is 315 g/mol. The molecule has 88 valence electrons. The quantitative estimate of drug-likeness (QED) is 0.800. The van der Waals surface area contributed by atoms with Crippen molar-refractivity contribution in [3.63, 3.8) is 0 Å². The number of nitrogens with zero attached hydrogens (tertiary/aromatic N) is 1. The van der Waals surface area contributed by atoms with Crippen molar-refractivity contribution in [1.82, 2.24) is 4.98 Å². The van der Waals surface area contributed by atoms with E-state index in [-0.39, 0.29) is 21.7 Å². The summed E-state index contributed by atoms with van der Waals surface area (Å²) in [6.07, 6.45) is -1.74. The molecule has 0 aliphatic heterocycles. The standard InChI is InChI=1S/C9H7BrClF2NO2/c1-2-16-9(15)5-4(10)3-14-7(6(5)11)8(12)13/h3,8H,2H2,1H3. The molecule has 0 N–H and O–H groups in total. The molecule has 0 bridgehead atoms. The molecule has 0 unspecified atom stereocenters. The SMILES string of the molecule is CCOC(=O)c1c(Br)cnc(C(F)F)c1Cl. The molecule has 3 nitrogen and oxygen atoms in total. The van der Waals surface area contributed by atoms with Gasteiger partial charge >= 0.3 is 5.97 Å². The first-order chi connectivity index (χ1) is 7.49. The third-order valence-corrected chi connectivity index (χ3v) is 2.67. The first-order valence-electron chi connectivity index (χ1n) is 4.28. The van der Waals surface area contributed by atoms with Crippen molar-refractivity contribution in [2.24, 2.45) is 0 Å². The van der Waals surface area contributed by atoms with Crippen molar-refractivity contribution >= 4 is 33.5 Å². The van der Waals surface area contributed by atoms with Crippen LogP contribution in [0.4, 0.5) is 8.78 Å². The van der Waals surface area contributed by atoms with Crippen molar-refractivity contribution in [2.75, 3.05) is 6.61 Å². The summed E-state index contributed by atoms with van der Waals surface area (Å²) in [6.45, 7) is 1.74. The predicted octanol–water partition coefficient (Wildman–Crippen LogP) is 3.61. The van der Waals surface area contributed by atoms with E-state index >= 15 is 0 Å². The lowest BCUT2D eigenvalue weighted by molar-refractivity contribution is 0.0524. The van der Waals surface area contributed by atoms with Crippen LogP contribution in [0.3, 0.4) is 0 Å². The highest BCUT2D eigenvalue weighted by atomic mass is 79.9. The van der Waals surface area contributed by atoms with Crippen LogP contribution in [0.25, 0.3) is 0 Å². The lowest BCUT2D eigenvalue weighted by atomic mass is 10.2. The van der Waals surface area contributed by atoms with E-state index in [1.807, 2.05) is 0 Å². The van der Waals surface area contributed by atoms with Gasteiger partial charge in [0.2, 0.25) is 0 Å². The van der Waals surface area contributed by atoms with E-state index in [9.17, 15) is 13.6 Å². The zero-order valence-corrected chi connectivity index (χ0v) is 10.5. The summed E-state index contributed by atoms with van der Waals surface area (Å²) in [5.41, 5.74) is -0.762. The van der Waals surface area contributed by atoms with Gasteiger partial charge in [0.25, 0.3) is 6.43 Å². The van der Waals surface area contributed by atoms with Crippen LogP contribution in [-0.2, 0) is 4.74 Å². The van der Waals surface area contributed by atoms with Gasteiger partial charge in [-0.05, 0) is 22.9 Å². The molecule has 0 aliphatic rings. The number of hydrogen-bond donors (Lipinski definition) is 0. The summed E-state index contributed by atoms with van der Waals surface area (Å²) >= 11 is 8.67. The van der Waals surface area contributed by atoms with Gasteiger partial charge in [-0.2, -0.15) is 0 Å². The molecule has 16 heavy (non-hydrogen) atoms. The van der Waals surface area contributed by atoms with Gasteiger partial charge in [-0.1, -0.05) is 11.6 Å². The van der Waals surface area contributed by atoms with Crippen LogP contribution in [0.1, 0.15) is 29.4 Å². The molecule has 0 aromatic carbocycles. The summed E-state index contributed by atoms with van der Waals surface area (Å²) in [6, 6.07) is 0. The van der Waals surface area contributed by atoms with Gasteiger partial charge in [0, 0.05) is 6.20 Å².